The molecule has 0 spiro atoms. The Morgan fingerprint density at radius 2 is 2.07 bits per heavy atom. The van der Waals surface area contributed by atoms with Crippen LogP contribution in [0.25, 0.3) is 0 Å². The average Bonchev–Trinajstić information content (AvgIpc) is 2.09. The Hall–Kier alpha value is -0.880. The number of carbonyl (C=O) groups excluding carboxylic acids is 1. The summed E-state index contributed by atoms with van der Waals surface area (Å²) in [5, 5.41) is 0.710. The van der Waals surface area contributed by atoms with Crippen molar-refractivity contribution in [2.24, 2.45) is 0 Å². The van der Waals surface area contributed by atoms with Gasteiger partial charge in [-0.2, -0.15) is 0 Å². The predicted molar refractivity (Wildman–Crippen MR) is 58.2 cm³/mol. The molecule has 1 aromatic rings. The van der Waals surface area contributed by atoms with Crippen LogP contribution < -0.4 is 4.74 Å². The fraction of sp³-hybridized carbons (Fsp3) is 0. The average molecular weight is 251 g/mol. The molecule has 0 aliphatic carbocycles. The van der Waals surface area contributed by atoms with Crippen LogP contribution in [0.4, 0.5) is 0 Å². The summed E-state index contributed by atoms with van der Waals surface area (Å²) in [7, 11) is 0. The van der Waals surface area contributed by atoms with Crippen molar-refractivity contribution in [3.63, 3.8) is 0 Å². The van der Waals surface area contributed by atoms with Crippen molar-refractivity contribution in [2.75, 3.05) is 0 Å². The van der Waals surface area contributed by atoms with Crippen molar-refractivity contribution in [1.82, 2.24) is 0 Å². The van der Waals surface area contributed by atoms with Gasteiger partial charge in [-0.3, -0.25) is 0 Å². The van der Waals surface area contributed by atoms with Gasteiger partial charge in [0.05, 0.1) is 5.02 Å². The van der Waals surface area contributed by atoms with E-state index in [-0.39, 0.29) is 23.2 Å². The topological polar surface area (TPSA) is 26.3 Å². The molecule has 0 unspecified atom stereocenters. The third kappa shape index (κ3) is 3.47. The lowest BCUT2D eigenvalue weighted by Crippen LogP contribution is -2.03. The predicted octanol–water partition coefficient (Wildman–Crippen LogP) is 2.95. The number of halogens is 3. The van der Waals surface area contributed by atoms with E-state index in [9.17, 15) is 4.79 Å². The first-order valence-electron chi connectivity index (χ1n) is 3.27. The van der Waals surface area contributed by atoms with Gasteiger partial charge in [0.1, 0.15) is 0 Å². The molecule has 0 bridgehead atoms. The van der Waals surface area contributed by atoms with Crippen LogP contribution in [-0.2, 0) is 4.79 Å². The summed E-state index contributed by atoms with van der Waals surface area (Å²) in [6.45, 7) is 0. The van der Waals surface area contributed by atoms with Crippen LogP contribution >= 0.6 is 35.6 Å². The molecule has 0 aliphatic heterocycles. The summed E-state index contributed by atoms with van der Waals surface area (Å²) in [6.07, 6.45) is 4.81. The highest BCUT2D eigenvalue weighted by atomic mass is 35.5. The van der Waals surface area contributed by atoms with Gasteiger partial charge < -0.3 is 4.74 Å². The van der Waals surface area contributed by atoms with E-state index in [0.717, 1.165) is 0 Å². The number of terminal acetylenes is 1. The van der Waals surface area contributed by atoms with Crippen molar-refractivity contribution < 1.29 is 9.53 Å². The van der Waals surface area contributed by atoms with E-state index >= 15 is 0 Å². The zero-order valence-electron chi connectivity index (χ0n) is 6.79. The Morgan fingerprint density at radius 3 is 2.57 bits per heavy atom. The number of benzene rings is 1. The molecular formula is C9H5Cl3O2. The lowest BCUT2D eigenvalue weighted by Gasteiger charge is -2.02. The summed E-state index contributed by atoms with van der Waals surface area (Å²) in [6, 6.07) is 4.48. The maximum absolute atomic E-state index is 10.7. The zero-order chi connectivity index (χ0) is 9.84. The van der Waals surface area contributed by atoms with Crippen molar-refractivity contribution in [2.45, 2.75) is 0 Å². The molecule has 0 aromatic heterocycles. The molecule has 0 saturated heterocycles. The van der Waals surface area contributed by atoms with E-state index in [1.165, 1.54) is 12.1 Å². The van der Waals surface area contributed by atoms with Gasteiger partial charge in [0.15, 0.2) is 5.75 Å². The molecule has 2 nitrogen and oxygen atoms in total. The molecule has 0 saturated carbocycles. The van der Waals surface area contributed by atoms with E-state index < -0.39 is 5.97 Å². The first-order valence-corrected chi connectivity index (χ1v) is 4.02. The molecule has 14 heavy (non-hydrogen) atoms. The highest BCUT2D eigenvalue weighted by Crippen LogP contribution is 2.27. The first-order chi connectivity index (χ1) is 6.13. The molecule has 0 atom stereocenters. The van der Waals surface area contributed by atoms with Gasteiger partial charge >= 0.3 is 5.97 Å². The third-order valence-corrected chi connectivity index (χ3v) is 1.74. The molecule has 0 heterocycles. The first kappa shape index (κ1) is 13.1. The standard InChI is InChI=1S/C9H4Cl2O2.ClH/c1-2-9(12)13-8-4-3-6(10)5-7(8)11;/h1,3-5H;1H. The Bertz CT molecular complexity index is 382. The van der Waals surface area contributed by atoms with Gasteiger partial charge in [-0.15, -0.1) is 18.8 Å². The molecule has 0 N–H and O–H groups in total. The molecule has 0 aliphatic rings. The van der Waals surface area contributed by atoms with Crippen LogP contribution in [-0.4, -0.2) is 5.97 Å². The fourth-order valence-corrected chi connectivity index (χ4v) is 1.13. The molecule has 0 amide bonds. The minimum Gasteiger partial charge on any atom is -0.415 e. The van der Waals surface area contributed by atoms with Gasteiger partial charge in [0.25, 0.3) is 0 Å². The van der Waals surface area contributed by atoms with E-state index in [1.54, 1.807) is 12.0 Å². The Morgan fingerprint density at radius 1 is 1.43 bits per heavy atom. The normalized spacial score (nSPS) is 8.36. The summed E-state index contributed by atoms with van der Waals surface area (Å²) < 4.78 is 4.68. The van der Waals surface area contributed by atoms with Crippen LogP contribution in [0.1, 0.15) is 0 Å². The van der Waals surface area contributed by atoms with Crippen LogP contribution in [0, 0.1) is 12.3 Å². The Kier molecular flexibility index (Phi) is 5.40. The summed E-state index contributed by atoms with van der Waals surface area (Å²) in [5.74, 6) is 1.22. The number of carbonyl (C=O) groups is 1. The molecule has 1 rings (SSSR count). The quantitative estimate of drug-likeness (QED) is 0.332. The van der Waals surface area contributed by atoms with Gasteiger partial charge in [0.2, 0.25) is 0 Å². The largest absolute Gasteiger partial charge is 0.415 e. The van der Waals surface area contributed by atoms with E-state index in [0.29, 0.717) is 5.02 Å². The minimum atomic E-state index is -0.788. The summed E-state index contributed by atoms with van der Waals surface area (Å²) >= 11 is 11.3. The van der Waals surface area contributed by atoms with E-state index in [2.05, 4.69) is 4.74 Å². The van der Waals surface area contributed by atoms with Gasteiger partial charge in [-0.05, 0) is 18.2 Å². The maximum Gasteiger partial charge on any atom is 0.389 e. The highest BCUT2D eigenvalue weighted by molar-refractivity contribution is 6.35. The van der Waals surface area contributed by atoms with Crippen molar-refractivity contribution in [3.05, 3.63) is 28.2 Å². The molecule has 74 valence electrons. The van der Waals surface area contributed by atoms with E-state index in [1.807, 2.05) is 0 Å². The van der Waals surface area contributed by atoms with Crippen LogP contribution in [0.15, 0.2) is 18.2 Å². The fourth-order valence-electron chi connectivity index (χ4n) is 0.687. The van der Waals surface area contributed by atoms with Crippen LogP contribution in [0.3, 0.4) is 0 Å². The number of hydrogen-bond acceptors (Lipinski definition) is 2. The SMILES string of the molecule is C#CC(=O)Oc1ccc(Cl)cc1Cl.Cl. The highest BCUT2D eigenvalue weighted by Gasteiger charge is 2.05. The molecule has 0 fully saturated rings. The monoisotopic (exact) mass is 250 g/mol. The Balaban J connectivity index is 0.00000169. The number of ether oxygens (including phenoxy) is 1. The Labute approximate surface area is 97.6 Å². The minimum absolute atomic E-state index is 0. The second-order valence-corrected chi connectivity index (χ2v) is 2.95. The molecular weight excluding hydrogens is 246 g/mol. The summed E-state index contributed by atoms with van der Waals surface area (Å²) in [4.78, 5) is 10.7. The van der Waals surface area contributed by atoms with Gasteiger partial charge in [0, 0.05) is 10.9 Å². The van der Waals surface area contributed by atoms with E-state index in [4.69, 9.17) is 29.6 Å². The lowest BCUT2D eigenvalue weighted by atomic mass is 10.3. The van der Waals surface area contributed by atoms with Gasteiger partial charge in [-0.25, -0.2) is 4.79 Å². The molecule has 1 aromatic carbocycles. The smallest absolute Gasteiger partial charge is 0.389 e. The van der Waals surface area contributed by atoms with Crippen molar-refractivity contribution >= 4 is 41.6 Å². The zero-order valence-corrected chi connectivity index (χ0v) is 9.12. The third-order valence-electron chi connectivity index (χ3n) is 1.21. The van der Waals surface area contributed by atoms with Crippen LogP contribution in [0.2, 0.25) is 10.0 Å². The molecule has 5 heteroatoms. The second-order valence-electron chi connectivity index (χ2n) is 2.11. The van der Waals surface area contributed by atoms with Crippen LogP contribution in [0.5, 0.6) is 5.75 Å². The van der Waals surface area contributed by atoms with Crippen molar-refractivity contribution in [1.29, 1.82) is 0 Å². The molecule has 0 radical (unpaired) electrons. The van der Waals surface area contributed by atoms with Gasteiger partial charge in [-0.1, -0.05) is 23.2 Å². The number of rotatable bonds is 1. The second kappa shape index (κ2) is 5.77. The van der Waals surface area contributed by atoms with Crippen molar-refractivity contribution in [3.8, 4) is 18.1 Å². The summed E-state index contributed by atoms with van der Waals surface area (Å²) in [5.41, 5.74) is 0. The maximum atomic E-state index is 10.7. The lowest BCUT2D eigenvalue weighted by molar-refractivity contribution is -0.128. The number of hydrogen-bond donors (Lipinski definition) is 0. The number of esters is 1.